The minimum atomic E-state index is -0.925. The fraction of sp³-hybridized carbons (Fsp3) is 0.455. The Morgan fingerprint density at radius 3 is 2.89 bits per heavy atom. The third kappa shape index (κ3) is 1.40. The van der Waals surface area contributed by atoms with Crippen LogP contribution in [0.25, 0.3) is 0 Å². The number of amides is 1. The zero-order chi connectivity index (χ0) is 12.9. The molecule has 0 spiro atoms. The number of pyridine rings is 1. The predicted octanol–water partition coefficient (Wildman–Crippen LogP) is -0.538. The average Bonchev–Trinajstić information content (AvgIpc) is 2.36. The fourth-order valence-electron chi connectivity index (χ4n) is 2.38. The van der Waals surface area contributed by atoms with E-state index in [2.05, 4.69) is 0 Å². The smallest absolute Gasteiger partial charge is 0.276 e. The van der Waals surface area contributed by atoms with Crippen molar-refractivity contribution in [2.45, 2.75) is 19.2 Å². The van der Waals surface area contributed by atoms with Crippen molar-refractivity contribution in [1.82, 2.24) is 9.47 Å². The number of rotatable bonds is 0. The highest BCUT2D eigenvalue weighted by Gasteiger charge is 2.37. The zero-order valence-electron chi connectivity index (χ0n) is 9.50. The minimum absolute atomic E-state index is 0.0837. The van der Waals surface area contributed by atoms with Gasteiger partial charge in [-0.15, -0.1) is 0 Å². The van der Waals surface area contributed by atoms with Gasteiger partial charge in [0.2, 0.25) is 0 Å². The van der Waals surface area contributed by atoms with Gasteiger partial charge in [-0.3, -0.25) is 9.59 Å². The second kappa shape index (κ2) is 3.74. The fourth-order valence-corrected chi connectivity index (χ4v) is 2.38. The minimum Gasteiger partial charge on any atom is -0.503 e. The molecule has 1 saturated heterocycles. The first-order chi connectivity index (χ1) is 8.59. The second-order valence-corrected chi connectivity index (χ2v) is 4.37. The Bertz CT molecular complexity index is 580. The van der Waals surface area contributed by atoms with Crippen molar-refractivity contribution in [3.05, 3.63) is 22.1 Å². The number of carbonyl (C=O) groups is 1. The lowest BCUT2D eigenvalue weighted by molar-refractivity contribution is -0.0920. The molecule has 96 valence electrons. The first kappa shape index (κ1) is 11.1. The summed E-state index contributed by atoms with van der Waals surface area (Å²) in [5.41, 5.74) is -1.01. The van der Waals surface area contributed by atoms with Crippen molar-refractivity contribution in [2.75, 3.05) is 13.2 Å². The van der Waals surface area contributed by atoms with E-state index in [9.17, 15) is 19.8 Å². The molecule has 0 radical (unpaired) electrons. The number of hydrogen-bond donors (Lipinski definition) is 2. The van der Waals surface area contributed by atoms with Crippen LogP contribution in [0.4, 0.5) is 0 Å². The normalized spacial score (nSPS) is 22.6. The van der Waals surface area contributed by atoms with Crippen LogP contribution in [0.3, 0.4) is 0 Å². The maximum absolute atomic E-state index is 12.2. The Morgan fingerprint density at radius 2 is 2.11 bits per heavy atom. The predicted molar refractivity (Wildman–Crippen MR) is 59.4 cm³/mol. The summed E-state index contributed by atoms with van der Waals surface area (Å²) in [5, 5.41) is 19.1. The summed E-state index contributed by atoms with van der Waals surface area (Å²) < 4.78 is 6.82. The monoisotopic (exact) mass is 252 g/mol. The van der Waals surface area contributed by atoms with Crippen molar-refractivity contribution >= 4 is 5.91 Å². The van der Waals surface area contributed by atoms with Crippen LogP contribution in [0.2, 0.25) is 0 Å². The highest BCUT2D eigenvalue weighted by Crippen LogP contribution is 2.27. The Labute approximate surface area is 102 Å². The summed E-state index contributed by atoms with van der Waals surface area (Å²) in [5.74, 6) is -1.72. The van der Waals surface area contributed by atoms with Crippen molar-refractivity contribution < 1.29 is 19.7 Å². The zero-order valence-corrected chi connectivity index (χ0v) is 9.50. The number of nitrogens with zero attached hydrogens (tertiary/aromatic N) is 2. The van der Waals surface area contributed by atoms with Crippen LogP contribution in [0.15, 0.2) is 11.0 Å². The molecule has 18 heavy (non-hydrogen) atoms. The molecule has 3 rings (SSSR count). The summed E-state index contributed by atoms with van der Waals surface area (Å²) in [4.78, 5) is 25.1. The molecule has 0 bridgehead atoms. The van der Waals surface area contributed by atoms with Gasteiger partial charge in [0.05, 0.1) is 19.3 Å². The summed E-state index contributed by atoms with van der Waals surface area (Å²) in [6.07, 6.45) is 1.48. The molecule has 0 saturated carbocycles. The van der Waals surface area contributed by atoms with E-state index in [1.165, 1.54) is 9.47 Å². The van der Waals surface area contributed by atoms with Crippen LogP contribution in [0.5, 0.6) is 11.5 Å². The van der Waals surface area contributed by atoms with Gasteiger partial charge in [-0.05, 0) is 6.42 Å². The SMILES string of the molecule is O=C1c2c(O)c(=O)c(O)cn2C[C@H]2OCCCN12. The first-order valence-corrected chi connectivity index (χ1v) is 5.67. The molecule has 1 fully saturated rings. The van der Waals surface area contributed by atoms with Crippen LogP contribution in [0.1, 0.15) is 16.9 Å². The molecule has 0 aromatic carbocycles. The van der Waals surface area contributed by atoms with Crippen LogP contribution >= 0.6 is 0 Å². The third-order valence-corrected chi connectivity index (χ3v) is 3.25. The number of carbonyl (C=O) groups excluding carboxylic acids is 1. The van der Waals surface area contributed by atoms with Crippen LogP contribution in [0, 0.1) is 0 Å². The lowest BCUT2D eigenvalue weighted by Crippen LogP contribution is -2.53. The largest absolute Gasteiger partial charge is 0.503 e. The molecule has 2 aliphatic rings. The Kier molecular flexibility index (Phi) is 2.30. The van der Waals surface area contributed by atoms with E-state index in [1.807, 2.05) is 0 Å². The number of fused-ring (bicyclic) bond motifs is 2. The summed E-state index contributed by atoms with van der Waals surface area (Å²) >= 11 is 0. The van der Waals surface area contributed by atoms with E-state index in [0.29, 0.717) is 19.7 Å². The van der Waals surface area contributed by atoms with E-state index in [1.54, 1.807) is 0 Å². The lowest BCUT2D eigenvalue weighted by Gasteiger charge is -2.40. The number of hydrogen-bond acceptors (Lipinski definition) is 5. The van der Waals surface area contributed by atoms with E-state index in [0.717, 1.165) is 12.6 Å². The van der Waals surface area contributed by atoms with E-state index in [-0.39, 0.29) is 5.69 Å². The first-order valence-electron chi connectivity index (χ1n) is 5.67. The molecule has 1 aromatic rings. The molecule has 7 heteroatoms. The van der Waals surface area contributed by atoms with E-state index in [4.69, 9.17) is 4.74 Å². The molecule has 1 aromatic heterocycles. The van der Waals surface area contributed by atoms with Gasteiger partial charge in [0, 0.05) is 6.54 Å². The van der Waals surface area contributed by atoms with Crippen molar-refractivity contribution in [3.8, 4) is 11.5 Å². The Balaban J connectivity index is 2.16. The van der Waals surface area contributed by atoms with Gasteiger partial charge in [0.25, 0.3) is 11.3 Å². The molecule has 0 aliphatic carbocycles. The Hall–Kier alpha value is -2.02. The molecule has 1 atom stereocenters. The van der Waals surface area contributed by atoms with Gasteiger partial charge < -0.3 is 24.4 Å². The molecule has 2 N–H and O–H groups in total. The average molecular weight is 252 g/mol. The van der Waals surface area contributed by atoms with Gasteiger partial charge in [0.15, 0.2) is 23.4 Å². The molecule has 3 heterocycles. The van der Waals surface area contributed by atoms with Gasteiger partial charge in [-0.2, -0.15) is 0 Å². The van der Waals surface area contributed by atoms with E-state index < -0.39 is 29.1 Å². The maximum Gasteiger partial charge on any atom is 0.276 e. The van der Waals surface area contributed by atoms with Crippen molar-refractivity contribution in [2.24, 2.45) is 0 Å². The molecule has 7 nitrogen and oxygen atoms in total. The molecular formula is C11H12N2O5. The topological polar surface area (TPSA) is 92.0 Å². The summed E-state index contributed by atoms with van der Waals surface area (Å²) in [6, 6.07) is 0. The summed E-state index contributed by atoms with van der Waals surface area (Å²) in [6.45, 7) is 1.41. The second-order valence-electron chi connectivity index (χ2n) is 4.37. The van der Waals surface area contributed by atoms with Crippen molar-refractivity contribution in [3.63, 3.8) is 0 Å². The summed E-state index contributed by atoms with van der Waals surface area (Å²) in [7, 11) is 0. The van der Waals surface area contributed by atoms with Gasteiger partial charge in [-0.25, -0.2) is 0 Å². The molecule has 0 unspecified atom stereocenters. The lowest BCUT2D eigenvalue weighted by atomic mass is 10.1. The van der Waals surface area contributed by atoms with Crippen LogP contribution < -0.4 is 5.43 Å². The molecular weight excluding hydrogens is 240 g/mol. The number of aromatic hydroxyl groups is 2. The third-order valence-electron chi connectivity index (χ3n) is 3.25. The van der Waals surface area contributed by atoms with Gasteiger partial charge in [0.1, 0.15) is 0 Å². The number of aromatic nitrogens is 1. The quantitative estimate of drug-likeness (QED) is 0.647. The standard InChI is InChI=1S/C11H12N2O5/c14-6-4-12-5-7-13(2-1-3-18-7)11(17)8(12)10(16)9(6)15/h4,7,14,16H,1-3,5H2/t7-/m1/s1. The highest BCUT2D eigenvalue weighted by molar-refractivity contribution is 5.96. The van der Waals surface area contributed by atoms with Crippen LogP contribution in [-0.4, -0.2) is 45.0 Å². The molecule has 1 amide bonds. The van der Waals surface area contributed by atoms with Crippen molar-refractivity contribution in [1.29, 1.82) is 0 Å². The highest BCUT2D eigenvalue weighted by atomic mass is 16.5. The number of ether oxygens (including phenoxy) is 1. The van der Waals surface area contributed by atoms with Gasteiger partial charge in [-0.1, -0.05) is 0 Å². The molecule has 2 aliphatic heterocycles. The Morgan fingerprint density at radius 1 is 1.33 bits per heavy atom. The van der Waals surface area contributed by atoms with Gasteiger partial charge >= 0.3 is 0 Å². The maximum atomic E-state index is 12.2. The van der Waals surface area contributed by atoms with Crippen LogP contribution in [-0.2, 0) is 11.3 Å². The van der Waals surface area contributed by atoms with E-state index >= 15 is 0 Å².